The smallest absolute Gasteiger partial charge is 0.190 e. The maximum atomic E-state index is 8.57. The van der Waals surface area contributed by atoms with Gasteiger partial charge in [-0.15, -0.1) is 0 Å². The van der Waals surface area contributed by atoms with Crippen molar-refractivity contribution in [2.45, 2.75) is 13.5 Å². The molecule has 0 radical (unpaired) electrons. The monoisotopic (exact) mass is 271 g/mol. The van der Waals surface area contributed by atoms with Gasteiger partial charge in [-0.2, -0.15) is 0 Å². The second kappa shape index (κ2) is 6.01. The van der Waals surface area contributed by atoms with E-state index in [1.54, 1.807) is 6.20 Å². The van der Waals surface area contributed by atoms with Crippen molar-refractivity contribution in [3.8, 4) is 0 Å². The van der Waals surface area contributed by atoms with Gasteiger partial charge in [0.25, 0.3) is 0 Å². The summed E-state index contributed by atoms with van der Waals surface area (Å²) in [7, 11) is 1.94. The maximum Gasteiger partial charge on any atom is 0.190 e. The summed E-state index contributed by atoms with van der Waals surface area (Å²) in [6, 6.07) is 8.33. The van der Waals surface area contributed by atoms with Crippen molar-refractivity contribution in [3.63, 3.8) is 0 Å². The molecule has 2 rings (SSSR count). The zero-order valence-corrected chi connectivity index (χ0v) is 11.5. The van der Waals surface area contributed by atoms with E-state index >= 15 is 0 Å². The fourth-order valence-electron chi connectivity index (χ4n) is 1.75. The van der Waals surface area contributed by atoms with Crippen LogP contribution in [0.2, 0.25) is 0 Å². The number of aryl methyl sites for hydroxylation is 1. The summed E-state index contributed by atoms with van der Waals surface area (Å²) in [5, 5.41) is 11.5. The molecule has 1 heterocycles. The predicted molar refractivity (Wildman–Crippen MR) is 77.8 cm³/mol. The topological polar surface area (TPSA) is 87.6 Å². The Balaban J connectivity index is 2.09. The molecule has 0 fully saturated rings. The average Bonchev–Trinajstić information content (AvgIpc) is 2.49. The third-order valence-electron chi connectivity index (χ3n) is 2.94. The van der Waals surface area contributed by atoms with Crippen LogP contribution in [0.5, 0.6) is 0 Å². The molecule has 0 amide bonds. The van der Waals surface area contributed by atoms with Crippen LogP contribution < -0.4 is 10.6 Å². The molecule has 6 nitrogen and oxygen atoms in total. The lowest BCUT2D eigenvalue weighted by Gasteiger charge is -2.18. The first-order valence-corrected chi connectivity index (χ1v) is 6.17. The molecule has 0 atom stereocenters. The maximum absolute atomic E-state index is 8.57. The minimum atomic E-state index is -0.0507. The summed E-state index contributed by atoms with van der Waals surface area (Å²) in [5.41, 5.74) is 8.22. The molecule has 6 heteroatoms. The number of hydrogen-bond acceptors (Lipinski definition) is 5. The summed E-state index contributed by atoms with van der Waals surface area (Å²) < 4.78 is 0. The lowest BCUT2D eigenvalue weighted by atomic mass is 10.1. The molecule has 20 heavy (non-hydrogen) atoms. The van der Waals surface area contributed by atoms with Gasteiger partial charge in [0.15, 0.2) is 5.84 Å². The molecule has 0 saturated heterocycles. The molecule has 1 aromatic carbocycles. The normalized spacial score (nSPS) is 11.4. The van der Waals surface area contributed by atoms with Crippen LogP contribution in [0.25, 0.3) is 0 Å². The Morgan fingerprint density at radius 2 is 1.95 bits per heavy atom. The molecule has 104 valence electrons. The van der Waals surface area contributed by atoms with Crippen LogP contribution in [0.3, 0.4) is 0 Å². The summed E-state index contributed by atoms with van der Waals surface area (Å²) in [5.74, 6) is 0.672. The van der Waals surface area contributed by atoms with E-state index < -0.39 is 0 Å². The number of rotatable bonds is 4. The van der Waals surface area contributed by atoms with Gasteiger partial charge >= 0.3 is 0 Å². The number of anilines is 1. The van der Waals surface area contributed by atoms with Gasteiger partial charge in [0.05, 0.1) is 12.4 Å². The highest BCUT2D eigenvalue weighted by molar-refractivity contribution is 5.94. The third-order valence-corrected chi connectivity index (χ3v) is 2.94. The Labute approximate surface area is 117 Å². The van der Waals surface area contributed by atoms with Crippen LogP contribution in [0.4, 0.5) is 5.82 Å². The largest absolute Gasteiger partial charge is 0.409 e. The van der Waals surface area contributed by atoms with Crippen molar-refractivity contribution in [3.05, 3.63) is 53.5 Å². The van der Waals surface area contributed by atoms with E-state index in [-0.39, 0.29) is 5.84 Å². The van der Waals surface area contributed by atoms with Crippen molar-refractivity contribution in [2.75, 3.05) is 11.9 Å². The Kier molecular flexibility index (Phi) is 4.14. The molecule has 0 aliphatic carbocycles. The number of nitrogens with two attached hydrogens (primary N) is 1. The van der Waals surface area contributed by atoms with E-state index in [0.29, 0.717) is 5.69 Å². The fraction of sp³-hybridized carbons (Fsp3) is 0.214. The van der Waals surface area contributed by atoms with Gasteiger partial charge in [0.2, 0.25) is 0 Å². The van der Waals surface area contributed by atoms with Gasteiger partial charge in [0, 0.05) is 13.6 Å². The van der Waals surface area contributed by atoms with E-state index in [1.807, 2.05) is 11.9 Å². The molecule has 0 aliphatic heterocycles. The summed E-state index contributed by atoms with van der Waals surface area (Å²) in [6.45, 7) is 2.79. The SMILES string of the molecule is Cc1ccc(CN(C)c2cnc(C(N)=NO)cn2)cc1. The minimum absolute atomic E-state index is 0.0507. The minimum Gasteiger partial charge on any atom is -0.409 e. The van der Waals surface area contributed by atoms with Gasteiger partial charge in [-0.05, 0) is 12.5 Å². The number of oxime groups is 1. The van der Waals surface area contributed by atoms with E-state index in [0.717, 1.165) is 12.4 Å². The number of amidine groups is 1. The van der Waals surface area contributed by atoms with Gasteiger partial charge in [-0.3, -0.25) is 0 Å². The highest BCUT2D eigenvalue weighted by atomic mass is 16.4. The molecular formula is C14H17N5O. The highest BCUT2D eigenvalue weighted by Crippen LogP contribution is 2.12. The summed E-state index contributed by atoms with van der Waals surface area (Å²) >= 11 is 0. The number of benzene rings is 1. The first kappa shape index (κ1) is 13.8. The zero-order valence-electron chi connectivity index (χ0n) is 11.5. The predicted octanol–water partition coefficient (Wildman–Crippen LogP) is 1.52. The number of nitrogens with zero attached hydrogens (tertiary/aromatic N) is 4. The van der Waals surface area contributed by atoms with E-state index in [4.69, 9.17) is 10.9 Å². The van der Waals surface area contributed by atoms with E-state index in [2.05, 4.69) is 46.3 Å². The average molecular weight is 271 g/mol. The van der Waals surface area contributed by atoms with Crippen LogP contribution in [0.15, 0.2) is 41.8 Å². The van der Waals surface area contributed by atoms with Crippen LogP contribution in [0, 0.1) is 6.92 Å². The van der Waals surface area contributed by atoms with E-state index in [9.17, 15) is 0 Å². The molecule has 0 spiro atoms. The zero-order chi connectivity index (χ0) is 14.5. The molecule has 2 aromatic rings. The first-order valence-electron chi connectivity index (χ1n) is 6.17. The Hall–Kier alpha value is -2.63. The fourth-order valence-corrected chi connectivity index (χ4v) is 1.75. The third kappa shape index (κ3) is 3.23. The van der Waals surface area contributed by atoms with Gasteiger partial charge < -0.3 is 15.8 Å². The molecule has 0 saturated carbocycles. The lowest BCUT2D eigenvalue weighted by molar-refractivity contribution is 0.318. The molecular weight excluding hydrogens is 254 g/mol. The number of aromatic nitrogens is 2. The van der Waals surface area contributed by atoms with Crippen molar-refractivity contribution >= 4 is 11.7 Å². The van der Waals surface area contributed by atoms with Crippen LogP contribution in [-0.2, 0) is 6.54 Å². The van der Waals surface area contributed by atoms with E-state index in [1.165, 1.54) is 17.3 Å². The van der Waals surface area contributed by atoms with Crippen molar-refractivity contribution < 1.29 is 5.21 Å². The standard InChI is InChI=1S/C14H17N5O/c1-10-3-5-11(6-4-10)9-19(2)13-8-16-12(7-17-13)14(15)18-20/h3-8,20H,9H2,1-2H3,(H2,15,18). The Morgan fingerprint density at radius 3 is 2.50 bits per heavy atom. The van der Waals surface area contributed by atoms with Gasteiger partial charge in [0.1, 0.15) is 11.5 Å². The lowest BCUT2D eigenvalue weighted by Crippen LogP contribution is -2.20. The van der Waals surface area contributed by atoms with Crippen molar-refractivity contribution in [1.82, 2.24) is 9.97 Å². The van der Waals surface area contributed by atoms with Crippen LogP contribution in [0.1, 0.15) is 16.8 Å². The Bertz CT molecular complexity index is 592. The van der Waals surface area contributed by atoms with Gasteiger partial charge in [-0.1, -0.05) is 35.0 Å². The molecule has 0 unspecified atom stereocenters. The summed E-state index contributed by atoms with van der Waals surface area (Å²) in [4.78, 5) is 10.3. The van der Waals surface area contributed by atoms with Crippen molar-refractivity contribution in [1.29, 1.82) is 0 Å². The quantitative estimate of drug-likeness (QED) is 0.381. The van der Waals surface area contributed by atoms with Gasteiger partial charge in [-0.25, -0.2) is 9.97 Å². The molecule has 3 N–H and O–H groups in total. The number of hydrogen-bond donors (Lipinski definition) is 2. The molecule has 1 aromatic heterocycles. The second-order valence-electron chi connectivity index (χ2n) is 4.59. The van der Waals surface area contributed by atoms with Crippen LogP contribution >= 0.6 is 0 Å². The molecule has 0 aliphatic rings. The highest BCUT2D eigenvalue weighted by Gasteiger charge is 2.06. The summed E-state index contributed by atoms with van der Waals surface area (Å²) in [6.07, 6.45) is 3.08. The molecule has 0 bridgehead atoms. The second-order valence-corrected chi connectivity index (χ2v) is 4.59. The Morgan fingerprint density at radius 1 is 1.25 bits per heavy atom. The first-order chi connectivity index (χ1) is 9.60. The van der Waals surface area contributed by atoms with Crippen molar-refractivity contribution in [2.24, 2.45) is 10.9 Å². The van der Waals surface area contributed by atoms with Crippen LogP contribution in [-0.4, -0.2) is 28.1 Å².